The molecule has 0 aliphatic carbocycles. The third-order valence-electron chi connectivity index (χ3n) is 4.57. The van der Waals surface area contributed by atoms with Crippen molar-refractivity contribution in [2.24, 2.45) is 7.05 Å². The largest absolute Gasteiger partial charge is 0.460 e. The van der Waals surface area contributed by atoms with Crippen LogP contribution >= 0.6 is 11.8 Å². The lowest BCUT2D eigenvalue weighted by molar-refractivity contribution is -0.709. The minimum absolute atomic E-state index is 0.101. The number of aromatic nitrogens is 2. The van der Waals surface area contributed by atoms with Gasteiger partial charge in [-0.25, -0.2) is 9.13 Å². The minimum Gasteiger partial charge on any atom is -0.286 e. The Morgan fingerprint density at radius 2 is 1.37 bits per heavy atom. The molecule has 206 valence electrons. The van der Waals surface area contributed by atoms with E-state index in [2.05, 4.69) is 0 Å². The molecule has 1 aromatic rings. The van der Waals surface area contributed by atoms with Gasteiger partial charge >= 0.3 is 40.9 Å². The van der Waals surface area contributed by atoms with E-state index in [-0.39, 0.29) is 31.7 Å². The van der Waals surface area contributed by atoms with Crippen LogP contribution in [-0.4, -0.2) is 64.3 Å². The topological polar surface area (TPSA) is 63.2 Å². The van der Waals surface area contributed by atoms with Crippen LogP contribution in [0.1, 0.15) is 13.3 Å². The molecule has 0 amide bonds. The Hall–Kier alpha value is -1.44. The molecule has 0 saturated carbocycles. The van der Waals surface area contributed by atoms with Crippen LogP contribution in [-0.2, 0) is 23.7 Å². The monoisotopic (exact) mass is 583 g/mol. The van der Waals surface area contributed by atoms with E-state index < -0.39 is 62.1 Å². The van der Waals surface area contributed by atoms with Crippen molar-refractivity contribution >= 4 is 21.9 Å². The minimum atomic E-state index is -7.98. The summed E-state index contributed by atoms with van der Waals surface area (Å²) in [5.41, 5.74) is 0. The fourth-order valence-electron chi connectivity index (χ4n) is 2.52. The van der Waals surface area contributed by atoms with Gasteiger partial charge in [-0.15, -0.1) is 0 Å². The first kappa shape index (κ1) is 31.6. The summed E-state index contributed by atoms with van der Waals surface area (Å²) in [5.74, 6) is -38.2. The summed E-state index contributed by atoms with van der Waals surface area (Å²) in [4.78, 5) is 0. The second-order valence-corrected chi connectivity index (χ2v) is 10.1. The van der Waals surface area contributed by atoms with Crippen LogP contribution in [0.2, 0.25) is 0 Å². The summed E-state index contributed by atoms with van der Waals surface area (Å²) in [7, 11) is -3.35. The van der Waals surface area contributed by atoms with Crippen LogP contribution in [0.3, 0.4) is 0 Å². The highest BCUT2D eigenvalue weighted by Crippen LogP contribution is 2.61. The lowest BCUT2D eigenvalue weighted by Crippen LogP contribution is -2.71. The second-order valence-electron chi connectivity index (χ2n) is 7.20. The lowest BCUT2D eigenvalue weighted by Gasteiger charge is -2.40. The molecular weight excluding hydrogens is 567 g/mol. The number of rotatable bonds is 11. The molecule has 1 rings (SSSR count). The molecular formula is C15H16F13N2O3S2+. The van der Waals surface area contributed by atoms with Gasteiger partial charge in [-0.2, -0.15) is 65.5 Å². The van der Waals surface area contributed by atoms with Gasteiger partial charge in [0.05, 0.1) is 24.6 Å². The Morgan fingerprint density at radius 3 is 1.80 bits per heavy atom. The SMILES string of the molecule is CC(Sc1n(CCCS(=O)(=O)O)cc[n+]1C)C(F)(F)C(F)(F)C(F)(F)C(F)(F)C(F)(F)C(F)(F)F. The van der Waals surface area contributed by atoms with Crippen molar-refractivity contribution in [3.05, 3.63) is 12.4 Å². The van der Waals surface area contributed by atoms with Crippen molar-refractivity contribution < 1.29 is 74.6 Å². The zero-order valence-corrected chi connectivity index (χ0v) is 18.9. The molecule has 0 radical (unpaired) electrons. The third kappa shape index (κ3) is 5.62. The highest BCUT2D eigenvalue weighted by molar-refractivity contribution is 7.99. The Morgan fingerprint density at radius 1 is 0.914 bits per heavy atom. The molecule has 1 atom stereocenters. The molecule has 0 bridgehead atoms. The van der Waals surface area contributed by atoms with Crippen molar-refractivity contribution in [1.29, 1.82) is 0 Å². The lowest BCUT2D eigenvalue weighted by atomic mass is 9.93. The summed E-state index contributed by atoms with van der Waals surface area (Å²) >= 11 is -0.369. The van der Waals surface area contributed by atoms with Gasteiger partial charge in [-0.05, 0) is 18.7 Å². The number of halogens is 13. The molecule has 0 spiro atoms. The standard InChI is InChI=1S/C15H15F13N2O3S2/c1-8(34-9-29(2)5-6-30(9)4-3-7-35(31,32)33)10(16,17)11(18,19)12(20,21)13(22,23)14(24,25)15(26,27)28/h5-6,8H,3-4,7H2,1-2H3/p+1. The molecule has 0 aliphatic rings. The average Bonchev–Trinajstić information content (AvgIpc) is 2.98. The van der Waals surface area contributed by atoms with Crippen molar-refractivity contribution in [1.82, 2.24) is 4.57 Å². The van der Waals surface area contributed by atoms with Crippen LogP contribution < -0.4 is 4.57 Å². The van der Waals surface area contributed by atoms with E-state index in [1.54, 1.807) is 0 Å². The highest BCUT2D eigenvalue weighted by atomic mass is 32.2. The van der Waals surface area contributed by atoms with E-state index in [0.29, 0.717) is 0 Å². The molecule has 1 aromatic heterocycles. The van der Waals surface area contributed by atoms with Crippen LogP contribution in [0.15, 0.2) is 17.6 Å². The molecule has 20 heteroatoms. The first-order valence-corrected chi connectivity index (χ1v) is 11.4. The maximum absolute atomic E-state index is 14.3. The first-order valence-electron chi connectivity index (χ1n) is 8.88. The normalized spacial score (nSPS) is 16.0. The molecule has 0 saturated heterocycles. The summed E-state index contributed by atoms with van der Waals surface area (Å²) in [6.07, 6.45) is -5.69. The number of hydrogen-bond donors (Lipinski definition) is 1. The quantitative estimate of drug-likeness (QED) is 0.176. The van der Waals surface area contributed by atoms with E-state index in [4.69, 9.17) is 4.55 Å². The van der Waals surface area contributed by atoms with E-state index in [1.807, 2.05) is 0 Å². The fourth-order valence-corrected chi connectivity index (χ4v) is 4.14. The molecule has 1 unspecified atom stereocenters. The summed E-state index contributed by atoms with van der Waals surface area (Å²) in [6.45, 7) is -0.270. The van der Waals surface area contributed by atoms with Gasteiger partial charge in [0.1, 0.15) is 12.4 Å². The average molecular weight is 583 g/mol. The van der Waals surface area contributed by atoms with Crippen LogP contribution in [0.5, 0.6) is 0 Å². The smallest absolute Gasteiger partial charge is 0.286 e. The second kappa shape index (κ2) is 9.46. The first-order chi connectivity index (χ1) is 15.3. The number of aryl methyl sites for hydroxylation is 2. The predicted molar refractivity (Wildman–Crippen MR) is 92.7 cm³/mol. The number of alkyl halides is 13. The number of thioether (sulfide) groups is 1. The summed E-state index contributed by atoms with van der Waals surface area (Å²) < 4.78 is 205. The van der Waals surface area contributed by atoms with Gasteiger partial charge in [0.2, 0.25) is 0 Å². The highest BCUT2D eigenvalue weighted by Gasteiger charge is 2.91. The van der Waals surface area contributed by atoms with Crippen molar-refractivity contribution in [3.63, 3.8) is 0 Å². The molecule has 1 heterocycles. The molecule has 0 fully saturated rings. The van der Waals surface area contributed by atoms with Crippen LogP contribution in [0, 0.1) is 0 Å². The Kier molecular flexibility index (Phi) is 8.54. The van der Waals surface area contributed by atoms with E-state index in [9.17, 15) is 65.5 Å². The molecule has 35 heavy (non-hydrogen) atoms. The molecule has 1 N–H and O–H groups in total. The van der Waals surface area contributed by atoms with E-state index in [0.717, 1.165) is 28.6 Å². The number of nitrogens with zero attached hydrogens (tertiary/aromatic N) is 2. The van der Waals surface area contributed by atoms with Gasteiger partial charge in [0.15, 0.2) is 0 Å². The maximum atomic E-state index is 14.3. The van der Waals surface area contributed by atoms with Gasteiger partial charge in [0.25, 0.3) is 10.1 Å². The fraction of sp³-hybridized carbons (Fsp3) is 0.800. The maximum Gasteiger partial charge on any atom is 0.460 e. The summed E-state index contributed by atoms with van der Waals surface area (Å²) in [5, 5.41) is -3.60. The van der Waals surface area contributed by atoms with E-state index in [1.165, 1.54) is 0 Å². The summed E-state index contributed by atoms with van der Waals surface area (Å²) in [6, 6.07) is 0. The van der Waals surface area contributed by atoms with Crippen molar-refractivity contribution in [3.8, 4) is 0 Å². The Balaban J connectivity index is 3.33. The molecule has 0 aliphatic heterocycles. The van der Waals surface area contributed by atoms with Crippen LogP contribution in [0.4, 0.5) is 57.1 Å². The number of hydrogen-bond acceptors (Lipinski definition) is 3. The van der Waals surface area contributed by atoms with Crippen molar-refractivity contribution in [2.45, 2.75) is 66.1 Å². The zero-order valence-electron chi connectivity index (χ0n) is 17.2. The van der Waals surface area contributed by atoms with Gasteiger partial charge in [-0.1, -0.05) is 0 Å². The third-order valence-corrected chi connectivity index (χ3v) is 6.76. The number of imidazole rings is 1. The molecule has 0 aromatic carbocycles. The predicted octanol–water partition coefficient (Wildman–Crippen LogP) is 4.81. The van der Waals surface area contributed by atoms with Crippen molar-refractivity contribution in [2.75, 3.05) is 5.75 Å². The van der Waals surface area contributed by atoms with Gasteiger partial charge < -0.3 is 0 Å². The van der Waals surface area contributed by atoms with Gasteiger partial charge in [0, 0.05) is 6.42 Å². The van der Waals surface area contributed by atoms with E-state index >= 15 is 0 Å². The zero-order chi connectivity index (χ0) is 28.1. The Labute approximate surface area is 193 Å². The Bertz CT molecular complexity index is 1010. The molecule has 5 nitrogen and oxygen atoms in total. The van der Waals surface area contributed by atoms with Crippen LogP contribution in [0.25, 0.3) is 0 Å². The van der Waals surface area contributed by atoms with Gasteiger partial charge in [-0.3, -0.25) is 4.55 Å².